The Hall–Kier alpha value is -3.05. The van der Waals surface area contributed by atoms with Crippen LogP contribution in [0, 0.1) is 6.92 Å². The molecule has 5 heteroatoms. The summed E-state index contributed by atoms with van der Waals surface area (Å²) in [5.41, 5.74) is 3.54. The highest BCUT2D eigenvalue weighted by Crippen LogP contribution is 2.36. The van der Waals surface area contributed by atoms with Gasteiger partial charge >= 0.3 is 0 Å². The average molecular weight is 388 g/mol. The van der Waals surface area contributed by atoms with Gasteiger partial charge in [-0.15, -0.1) is 11.8 Å². The molecule has 0 aliphatic rings. The molecule has 2 N–H and O–H groups in total. The summed E-state index contributed by atoms with van der Waals surface area (Å²) in [4.78, 5) is 10.0. The number of aryl methyl sites for hydroxylation is 1. The van der Waals surface area contributed by atoms with E-state index >= 15 is 0 Å². The van der Waals surface area contributed by atoms with E-state index in [0.29, 0.717) is 5.52 Å². The zero-order valence-electron chi connectivity index (χ0n) is 15.8. The molecule has 4 nitrogen and oxygen atoms in total. The van der Waals surface area contributed by atoms with Crippen LogP contribution in [0.25, 0.3) is 10.9 Å². The predicted molar refractivity (Wildman–Crippen MR) is 116 cm³/mol. The molecule has 0 spiro atoms. The highest BCUT2D eigenvalue weighted by atomic mass is 32.2. The van der Waals surface area contributed by atoms with Gasteiger partial charge in [-0.1, -0.05) is 30.3 Å². The van der Waals surface area contributed by atoms with Gasteiger partial charge in [0.25, 0.3) is 0 Å². The normalized spacial score (nSPS) is 12.1. The van der Waals surface area contributed by atoms with Crippen LogP contribution >= 0.6 is 11.8 Å². The summed E-state index contributed by atoms with van der Waals surface area (Å²) in [6.07, 6.45) is 5.54. The number of thioether (sulfide) groups is 1. The van der Waals surface area contributed by atoms with Crippen LogP contribution in [0.15, 0.2) is 78.0 Å². The molecule has 2 aromatic heterocycles. The van der Waals surface area contributed by atoms with Crippen LogP contribution in [0.5, 0.6) is 5.75 Å². The van der Waals surface area contributed by atoms with E-state index in [4.69, 9.17) is 0 Å². The van der Waals surface area contributed by atoms with Crippen molar-refractivity contribution in [1.29, 1.82) is 0 Å². The quantitative estimate of drug-likeness (QED) is 0.439. The number of rotatable bonds is 5. The number of nitrogens with zero attached hydrogens (tertiary/aromatic N) is 2. The summed E-state index contributed by atoms with van der Waals surface area (Å²) in [5.74, 6) is 0.955. The first-order valence-electron chi connectivity index (χ1n) is 9.05. The van der Waals surface area contributed by atoms with Gasteiger partial charge in [0.2, 0.25) is 0 Å². The van der Waals surface area contributed by atoms with Gasteiger partial charge in [0.1, 0.15) is 17.1 Å². The summed E-state index contributed by atoms with van der Waals surface area (Å²) >= 11 is 1.70. The Morgan fingerprint density at radius 3 is 2.54 bits per heavy atom. The zero-order chi connectivity index (χ0) is 19.5. The van der Waals surface area contributed by atoms with E-state index in [9.17, 15) is 5.11 Å². The molecule has 2 aromatic carbocycles. The topological polar surface area (TPSA) is 58.0 Å². The fourth-order valence-corrected chi connectivity index (χ4v) is 3.69. The lowest BCUT2D eigenvalue weighted by molar-refractivity contribution is 0.471. The number of hydrogen-bond acceptors (Lipinski definition) is 5. The summed E-state index contributed by atoms with van der Waals surface area (Å²) in [6, 6.07) is 19.8. The van der Waals surface area contributed by atoms with Crippen molar-refractivity contribution in [2.75, 3.05) is 11.6 Å². The smallest absolute Gasteiger partial charge is 0.147 e. The van der Waals surface area contributed by atoms with Crippen LogP contribution in [-0.2, 0) is 0 Å². The minimum atomic E-state index is -0.253. The van der Waals surface area contributed by atoms with Gasteiger partial charge in [-0.3, -0.25) is 4.98 Å². The molecule has 4 rings (SSSR count). The van der Waals surface area contributed by atoms with Crippen LogP contribution in [0.2, 0.25) is 0 Å². The molecule has 0 radical (unpaired) electrons. The van der Waals surface area contributed by atoms with Crippen molar-refractivity contribution in [1.82, 2.24) is 9.97 Å². The Bertz CT molecular complexity index is 1110. The minimum absolute atomic E-state index is 0.192. The number of phenols is 1. The highest BCUT2D eigenvalue weighted by molar-refractivity contribution is 7.98. The fraction of sp³-hybridized carbons (Fsp3) is 0.130. The second-order valence-corrected chi connectivity index (χ2v) is 7.53. The number of aromatic hydroxyl groups is 1. The van der Waals surface area contributed by atoms with Gasteiger partial charge < -0.3 is 10.4 Å². The molecule has 140 valence electrons. The first-order valence-corrected chi connectivity index (χ1v) is 10.3. The monoisotopic (exact) mass is 387 g/mol. The van der Waals surface area contributed by atoms with E-state index in [1.54, 1.807) is 24.2 Å². The Morgan fingerprint density at radius 1 is 0.964 bits per heavy atom. The zero-order valence-corrected chi connectivity index (χ0v) is 16.6. The van der Waals surface area contributed by atoms with Crippen molar-refractivity contribution in [3.05, 3.63) is 89.7 Å². The van der Waals surface area contributed by atoms with Crippen molar-refractivity contribution >= 4 is 28.5 Å². The molecular weight excluding hydrogens is 366 g/mol. The van der Waals surface area contributed by atoms with E-state index in [0.717, 1.165) is 27.9 Å². The second-order valence-electron chi connectivity index (χ2n) is 6.65. The Labute approximate surface area is 168 Å². The van der Waals surface area contributed by atoms with Gasteiger partial charge in [-0.25, -0.2) is 4.98 Å². The number of phenolic OH excluding ortho intramolecular Hbond substituents is 1. The number of nitrogens with one attached hydrogen (secondary N) is 1. The molecule has 0 saturated heterocycles. The molecule has 0 aliphatic heterocycles. The van der Waals surface area contributed by atoms with Gasteiger partial charge in [0.15, 0.2) is 0 Å². The third-order valence-electron chi connectivity index (χ3n) is 4.75. The number of anilines is 1. The fourth-order valence-electron chi connectivity index (χ4n) is 3.28. The number of aromatic nitrogens is 2. The van der Waals surface area contributed by atoms with E-state index in [1.165, 1.54) is 4.90 Å². The third-order valence-corrected chi connectivity index (χ3v) is 5.49. The van der Waals surface area contributed by atoms with Gasteiger partial charge in [0.05, 0.1) is 6.04 Å². The number of pyridine rings is 2. The van der Waals surface area contributed by atoms with E-state index < -0.39 is 0 Å². The Morgan fingerprint density at radius 2 is 1.79 bits per heavy atom. The molecule has 0 amide bonds. The SMILES string of the molecule is CSc1ccc([C@H](Nc2cc(C)ccn2)c2ccc3cccnc3c2O)cc1. The molecule has 1 atom stereocenters. The van der Waals surface area contributed by atoms with Crippen LogP contribution in [0.4, 0.5) is 5.82 Å². The predicted octanol–water partition coefficient (Wildman–Crippen LogP) is 5.57. The van der Waals surface area contributed by atoms with Crippen LogP contribution in [0.1, 0.15) is 22.7 Å². The molecule has 0 bridgehead atoms. The van der Waals surface area contributed by atoms with E-state index in [-0.39, 0.29) is 11.8 Å². The maximum absolute atomic E-state index is 11.0. The summed E-state index contributed by atoms with van der Waals surface area (Å²) in [5, 5.41) is 15.4. The number of fused-ring (bicyclic) bond motifs is 1. The highest BCUT2D eigenvalue weighted by Gasteiger charge is 2.20. The first-order chi connectivity index (χ1) is 13.7. The van der Waals surface area contributed by atoms with Crippen molar-refractivity contribution in [2.45, 2.75) is 17.9 Å². The van der Waals surface area contributed by atoms with Gasteiger partial charge in [-0.2, -0.15) is 0 Å². The Kier molecular flexibility index (Phi) is 5.17. The molecule has 4 aromatic rings. The van der Waals surface area contributed by atoms with E-state index in [2.05, 4.69) is 45.8 Å². The Balaban J connectivity index is 1.83. The van der Waals surface area contributed by atoms with Gasteiger partial charge in [0, 0.05) is 28.2 Å². The van der Waals surface area contributed by atoms with Crippen LogP contribution < -0.4 is 5.32 Å². The lowest BCUT2D eigenvalue weighted by Gasteiger charge is -2.22. The number of hydrogen-bond donors (Lipinski definition) is 2. The molecule has 0 aliphatic carbocycles. The van der Waals surface area contributed by atoms with Crippen molar-refractivity contribution < 1.29 is 5.11 Å². The van der Waals surface area contributed by atoms with Crippen LogP contribution in [-0.4, -0.2) is 21.3 Å². The molecule has 0 fully saturated rings. The van der Waals surface area contributed by atoms with Crippen molar-refractivity contribution in [3.8, 4) is 5.75 Å². The second kappa shape index (κ2) is 7.90. The van der Waals surface area contributed by atoms with Crippen LogP contribution in [0.3, 0.4) is 0 Å². The summed E-state index contributed by atoms with van der Waals surface area (Å²) < 4.78 is 0. The molecule has 0 saturated carbocycles. The minimum Gasteiger partial charge on any atom is -0.505 e. The third kappa shape index (κ3) is 3.66. The van der Waals surface area contributed by atoms with Crippen molar-refractivity contribution in [2.24, 2.45) is 0 Å². The van der Waals surface area contributed by atoms with Gasteiger partial charge in [-0.05, 0) is 54.6 Å². The lowest BCUT2D eigenvalue weighted by Crippen LogP contribution is -2.14. The first kappa shape index (κ1) is 18.3. The number of benzene rings is 2. The molecule has 2 heterocycles. The molecule has 28 heavy (non-hydrogen) atoms. The maximum atomic E-state index is 11.0. The molecule has 0 unspecified atom stereocenters. The van der Waals surface area contributed by atoms with Crippen molar-refractivity contribution in [3.63, 3.8) is 0 Å². The standard InChI is InChI=1S/C23H21N3OS/c1-15-11-13-24-20(14-15)26-21(17-5-8-18(28-2)9-6-17)19-10-7-16-4-3-12-25-22(16)23(19)27/h3-14,21,27H,1-2H3,(H,24,26)/t21-/m0/s1. The lowest BCUT2D eigenvalue weighted by atomic mass is 9.96. The largest absolute Gasteiger partial charge is 0.505 e. The van der Waals surface area contributed by atoms with E-state index in [1.807, 2.05) is 43.3 Å². The summed E-state index contributed by atoms with van der Waals surface area (Å²) in [7, 11) is 0. The average Bonchev–Trinajstić information content (AvgIpc) is 2.73. The summed E-state index contributed by atoms with van der Waals surface area (Å²) in [6.45, 7) is 2.03. The maximum Gasteiger partial charge on any atom is 0.147 e. The molecular formula is C23H21N3OS.